The molecule has 4 heteroatoms. The number of nitrogens with zero attached hydrogens (tertiary/aromatic N) is 1. The summed E-state index contributed by atoms with van der Waals surface area (Å²) in [5.41, 5.74) is 2.41. The Labute approximate surface area is 130 Å². The van der Waals surface area contributed by atoms with Crippen LogP contribution >= 0.6 is 11.3 Å². The van der Waals surface area contributed by atoms with E-state index in [0.29, 0.717) is 11.7 Å². The van der Waals surface area contributed by atoms with E-state index in [4.69, 9.17) is 4.98 Å². The molecule has 1 aromatic carbocycles. The lowest BCUT2D eigenvalue weighted by Crippen LogP contribution is -2.24. The summed E-state index contributed by atoms with van der Waals surface area (Å²) in [6, 6.07) is 7.36. The summed E-state index contributed by atoms with van der Waals surface area (Å²) < 4.78 is 0. The van der Waals surface area contributed by atoms with Crippen LogP contribution in [0.15, 0.2) is 24.3 Å². The molecule has 0 radical (unpaired) electrons. The second kappa shape index (κ2) is 6.58. The second-order valence-corrected chi connectivity index (χ2v) is 6.75. The van der Waals surface area contributed by atoms with E-state index >= 15 is 0 Å². The Balaban J connectivity index is 1.82. The molecule has 21 heavy (non-hydrogen) atoms. The first-order valence-corrected chi connectivity index (χ1v) is 8.59. The fourth-order valence-corrected chi connectivity index (χ4v) is 4.08. The van der Waals surface area contributed by atoms with Gasteiger partial charge in [-0.15, -0.1) is 11.3 Å². The van der Waals surface area contributed by atoms with E-state index in [2.05, 4.69) is 12.2 Å². The van der Waals surface area contributed by atoms with E-state index in [1.807, 2.05) is 23.5 Å². The van der Waals surface area contributed by atoms with Gasteiger partial charge < -0.3 is 10.4 Å². The fraction of sp³-hybridized carbons (Fsp3) is 0.471. The quantitative estimate of drug-likeness (QED) is 0.822. The maximum atomic E-state index is 9.40. The van der Waals surface area contributed by atoms with E-state index in [1.165, 1.54) is 29.8 Å². The van der Waals surface area contributed by atoms with Crippen LogP contribution in [0.1, 0.15) is 42.7 Å². The van der Waals surface area contributed by atoms with Gasteiger partial charge in [-0.1, -0.05) is 6.92 Å². The second-order valence-electron chi connectivity index (χ2n) is 5.67. The smallest absolute Gasteiger partial charge is 0.123 e. The first-order valence-electron chi connectivity index (χ1n) is 7.77. The van der Waals surface area contributed by atoms with Crippen LogP contribution in [-0.2, 0) is 6.42 Å². The Morgan fingerprint density at radius 2 is 2.14 bits per heavy atom. The van der Waals surface area contributed by atoms with Crippen molar-refractivity contribution < 1.29 is 5.11 Å². The van der Waals surface area contributed by atoms with E-state index < -0.39 is 0 Å². The number of fused-ring (bicyclic) bond motifs is 1. The summed E-state index contributed by atoms with van der Waals surface area (Å²) in [5, 5.41) is 14.0. The van der Waals surface area contributed by atoms with E-state index in [-0.39, 0.29) is 0 Å². The monoisotopic (exact) mass is 302 g/mol. The fourth-order valence-electron chi connectivity index (χ4n) is 2.89. The molecule has 1 atom stereocenters. The maximum Gasteiger partial charge on any atom is 0.123 e. The number of thiazole rings is 1. The van der Waals surface area contributed by atoms with Crippen molar-refractivity contribution in [1.29, 1.82) is 0 Å². The molecule has 0 spiro atoms. The van der Waals surface area contributed by atoms with Crippen molar-refractivity contribution >= 4 is 11.3 Å². The average Bonchev–Trinajstić information content (AvgIpc) is 2.93. The SMILES string of the molecule is CCCNCC1CCCc2sc(-c3ccc(O)cc3)nc21. The van der Waals surface area contributed by atoms with Gasteiger partial charge in [0.2, 0.25) is 0 Å². The topological polar surface area (TPSA) is 45.1 Å². The standard InChI is InChI=1S/C17H22N2OS/c1-2-10-18-11-13-4-3-5-15-16(13)19-17(21-15)12-6-8-14(20)9-7-12/h6-9,13,18,20H,2-5,10-11H2,1H3. The molecule has 3 nitrogen and oxygen atoms in total. The third-order valence-corrected chi connectivity index (χ3v) is 5.18. The first-order chi connectivity index (χ1) is 10.3. The molecule has 2 aromatic rings. The van der Waals surface area contributed by atoms with Crippen molar-refractivity contribution in [2.24, 2.45) is 0 Å². The molecular weight excluding hydrogens is 280 g/mol. The van der Waals surface area contributed by atoms with Crippen molar-refractivity contribution in [1.82, 2.24) is 10.3 Å². The minimum absolute atomic E-state index is 0.307. The lowest BCUT2D eigenvalue weighted by Gasteiger charge is -2.21. The summed E-state index contributed by atoms with van der Waals surface area (Å²) in [5.74, 6) is 0.865. The molecule has 0 bridgehead atoms. The molecular formula is C17H22N2OS. The largest absolute Gasteiger partial charge is 0.508 e. The van der Waals surface area contributed by atoms with Gasteiger partial charge in [0, 0.05) is 22.9 Å². The predicted octanol–water partition coefficient (Wildman–Crippen LogP) is 3.94. The lowest BCUT2D eigenvalue weighted by atomic mass is 9.91. The Kier molecular flexibility index (Phi) is 4.56. The number of hydrogen-bond acceptors (Lipinski definition) is 4. The molecule has 2 N–H and O–H groups in total. The lowest BCUT2D eigenvalue weighted by molar-refractivity contribution is 0.475. The van der Waals surface area contributed by atoms with Crippen LogP contribution in [0.4, 0.5) is 0 Å². The van der Waals surface area contributed by atoms with Gasteiger partial charge in [-0.2, -0.15) is 0 Å². The summed E-state index contributed by atoms with van der Waals surface area (Å²) in [4.78, 5) is 6.36. The molecule has 112 valence electrons. The van der Waals surface area contributed by atoms with Gasteiger partial charge in [-0.25, -0.2) is 4.98 Å². The zero-order valence-electron chi connectivity index (χ0n) is 12.4. The highest BCUT2D eigenvalue weighted by atomic mass is 32.1. The average molecular weight is 302 g/mol. The van der Waals surface area contributed by atoms with Gasteiger partial charge in [0.15, 0.2) is 0 Å². The molecule has 3 rings (SSSR count). The third-order valence-electron chi connectivity index (χ3n) is 4.00. The Morgan fingerprint density at radius 1 is 1.33 bits per heavy atom. The van der Waals surface area contributed by atoms with Gasteiger partial charge in [0.25, 0.3) is 0 Å². The number of phenolic OH excluding ortho intramolecular Hbond substituents is 1. The summed E-state index contributed by atoms with van der Waals surface area (Å²) >= 11 is 1.82. The molecule has 0 saturated carbocycles. The number of rotatable bonds is 5. The van der Waals surface area contributed by atoms with Crippen LogP contribution < -0.4 is 5.32 Å². The highest BCUT2D eigenvalue weighted by molar-refractivity contribution is 7.15. The molecule has 0 aliphatic heterocycles. The van der Waals surface area contributed by atoms with Gasteiger partial charge in [-0.3, -0.25) is 0 Å². The van der Waals surface area contributed by atoms with Crippen molar-refractivity contribution in [3.63, 3.8) is 0 Å². The summed E-state index contributed by atoms with van der Waals surface area (Å²) in [7, 11) is 0. The molecule has 1 heterocycles. The number of nitrogens with one attached hydrogen (secondary N) is 1. The molecule has 0 saturated heterocycles. The van der Waals surface area contributed by atoms with Crippen LogP contribution in [0.25, 0.3) is 10.6 Å². The number of aromatic hydroxyl groups is 1. The zero-order chi connectivity index (χ0) is 14.7. The maximum absolute atomic E-state index is 9.40. The number of aryl methyl sites for hydroxylation is 1. The van der Waals surface area contributed by atoms with Crippen molar-refractivity contribution in [3.05, 3.63) is 34.8 Å². The molecule has 0 amide bonds. The van der Waals surface area contributed by atoms with Crippen molar-refractivity contribution in [2.45, 2.75) is 38.5 Å². The molecule has 1 aliphatic rings. The predicted molar refractivity (Wildman–Crippen MR) is 88.1 cm³/mol. The van der Waals surface area contributed by atoms with E-state index in [0.717, 1.165) is 30.1 Å². The number of benzene rings is 1. The molecule has 1 aliphatic carbocycles. The van der Waals surface area contributed by atoms with E-state index in [9.17, 15) is 5.11 Å². The number of aromatic nitrogens is 1. The third kappa shape index (κ3) is 3.27. The van der Waals surface area contributed by atoms with Crippen molar-refractivity contribution in [2.75, 3.05) is 13.1 Å². The minimum Gasteiger partial charge on any atom is -0.508 e. The summed E-state index contributed by atoms with van der Waals surface area (Å²) in [6.45, 7) is 4.32. The number of hydrogen-bond donors (Lipinski definition) is 2. The minimum atomic E-state index is 0.307. The van der Waals surface area contributed by atoms with Crippen LogP contribution in [0.5, 0.6) is 5.75 Å². The van der Waals surface area contributed by atoms with Gasteiger partial charge in [0.1, 0.15) is 10.8 Å². The van der Waals surface area contributed by atoms with Gasteiger partial charge >= 0.3 is 0 Å². The van der Waals surface area contributed by atoms with Crippen LogP contribution in [0, 0.1) is 0 Å². The van der Waals surface area contributed by atoms with Crippen LogP contribution in [-0.4, -0.2) is 23.2 Å². The molecule has 1 unspecified atom stereocenters. The van der Waals surface area contributed by atoms with E-state index in [1.54, 1.807) is 12.1 Å². The first kappa shape index (κ1) is 14.5. The van der Waals surface area contributed by atoms with Gasteiger partial charge in [0.05, 0.1) is 5.69 Å². The van der Waals surface area contributed by atoms with Crippen LogP contribution in [0.3, 0.4) is 0 Å². The Hall–Kier alpha value is -1.39. The molecule has 1 aromatic heterocycles. The number of phenols is 1. The highest BCUT2D eigenvalue weighted by Gasteiger charge is 2.24. The Bertz CT molecular complexity index is 591. The highest BCUT2D eigenvalue weighted by Crippen LogP contribution is 2.38. The van der Waals surface area contributed by atoms with Crippen molar-refractivity contribution in [3.8, 4) is 16.3 Å². The van der Waals surface area contributed by atoms with Gasteiger partial charge in [-0.05, 0) is 56.5 Å². The summed E-state index contributed by atoms with van der Waals surface area (Å²) in [6.07, 6.45) is 4.84. The zero-order valence-corrected chi connectivity index (χ0v) is 13.2. The normalized spacial score (nSPS) is 17.7. The molecule has 0 fully saturated rings. The Morgan fingerprint density at radius 3 is 2.90 bits per heavy atom. The van der Waals surface area contributed by atoms with Crippen LogP contribution in [0.2, 0.25) is 0 Å².